The predicted molar refractivity (Wildman–Crippen MR) is 66.5 cm³/mol. The van der Waals surface area contributed by atoms with Crippen molar-refractivity contribution < 1.29 is 9.53 Å². The highest BCUT2D eigenvalue weighted by Crippen LogP contribution is 2.45. The van der Waals surface area contributed by atoms with Crippen molar-refractivity contribution in [1.29, 1.82) is 0 Å². The molecule has 0 N–H and O–H groups in total. The van der Waals surface area contributed by atoms with Gasteiger partial charge < -0.3 is 5.21 Å². The van der Waals surface area contributed by atoms with Crippen molar-refractivity contribution in [1.82, 2.24) is 4.90 Å². The molecule has 1 spiro atoms. The van der Waals surface area contributed by atoms with Gasteiger partial charge in [0, 0.05) is 19.4 Å². The number of hydrogen-bond donors (Lipinski definition) is 0. The summed E-state index contributed by atoms with van der Waals surface area (Å²) in [7, 11) is 1.77. The molecule has 2 rings (SSSR count). The lowest BCUT2D eigenvalue weighted by Gasteiger charge is -2.46. The lowest BCUT2D eigenvalue weighted by atomic mass is 9.69. The topological polar surface area (TPSA) is 46.4 Å². The molecule has 1 heterocycles. The van der Waals surface area contributed by atoms with E-state index in [4.69, 9.17) is 0 Å². The summed E-state index contributed by atoms with van der Waals surface area (Å²) in [5.74, 6) is 1.03. The number of nitrogens with zero attached hydrogens (tertiary/aromatic N) is 2. The number of carbonyl (C=O) groups is 1. The molecule has 1 aliphatic heterocycles. The van der Waals surface area contributed by atoms with Crippen molar-refractivity contribution in [2.45, 2.75) is 45.7 Å². The molecule has 4 heteroatoms. The quantitative estimate of drug-likeness (QED) is 0.517. The van der Waals surface area contributed by atoms with Crippen LogP contribution in [0, 0.1) is 23.0 Å². The number of amides is 1. The molecule has 4 nitrogen and oxygen atoms in total. The molecule has 0 aromatic rings. The second-order valence-corrected chi connectivity index (χ2v) is 5.97. The average Bonchev–Trinajstić information content (AvgIpc) is 2.44. The molecule has 0 aromatic carbocycles. The van der Waals surface area contributed by atoms with Gasteiger partial charge in [-0.2, -0.15) is 4.74 Å². The van der Waals surface area contributed by atoms with Gasteiger partial charge in [-0.1, -0.05) is 20.8 Å². The number of hydroxylamine groups is 1. The van der Waals surface area contributed by atoms with Crippen LogP contribution in [0.2, 0.25) is 0 Å². The Bertz CT molecular complexity index is 364. The van der Waals surface area contributed by atoms with E-state index >= 15 is 0 Å². The zero-order valence-electron chi connectivity index (χ0n) is 11.1. The summed E-state index contributed by atoms with van der Waals surface area (Å²) in [6.45, 7) is 6.46. The van der Waals surface area contributed by atoms with Gasteiger partial charge in [-0.25, -0.2) is 0 Å². The molecular formula is C13H22N2O2. The van der Waals surface area contributed by atoms with Crippen LogP contribution in [0.3, 0.4) is 0 Å². The van der Waals surface area contributed by atoms with Crippen LogP contribution < -0.4 is 0 Å². The Balaban J connectivity index is 2.43. The van der Waals surface area contributed by atoms with E-state index in [-0.39, 0.29) is 11.8 Å². The maximum absolute atomic E-state index is 12.2. The number of carbonyl (C=O) groups excluding carboxylic acids is 1. The highest BCUT2D eigenvalue weighted by molar-refractivity contribution is 6.25. The Kier molecular flexibility index (Phi) is 2.92. The molecule has 1 aliphatic carbocycles. The predicted octanol–water partition coefficient (Wildman–Crippen LogP) is 1.83. The summed E-state index contributed by atoms with van der Waals surface area (Å²) in [5.41, 5.74) is -0.622. The zero-order valence-corrected chi connectivity index (χ0v) is 11.1. The molecule has 3 atom stereocenters. The summed E-state index contributed by atoms with van der Waals surface area (Å²) in [6.07, 6.45) is 4.19. The molecule has 0 unspecified atom stereocenters. The highest BCUT2D eigenvalue weighted by Gasteiger charge is 2.59. The molecule has 0 bridgehead atoms. The van der Waals surface area contributed by atoms with Crippen LogP contribution in [0.4, 0.5) is 0 Å². The monoisotopic (exact) mass is 238 g/mol. The fourth-order valence-corrected chi connectivity index (χ4v) is 3.61. The first kappa shape index (κ1) is 12.4. The molecular weight excluding hydrogens is 216 g/mol. The van der Waals surface area contributed by atoms with E-state index in [1.54, 1.807) is 11.9 Å². The Morgan fingerprint density at radius 1 is 1.53 bits per heavy atom. The van der Waals surface area contributed by atoms with Crippen LogP contribution in [0.15, 0.2) is 0 Å². The van der Waals surface area contributed by atoms with Crippen molar-refractivity contribution in [2.24, 2.45) is 17.8 Å². The van der Waals surface area contributed by atoms with Crippen LogP contribution in [0.1, 0.15) is 40.0 Å². The van der Waals surface area contributed by atoms with Gasteiger partial charge in [-0.15, -0.1) is 0 Å². The molecule has 0 aromatic heterocycles. The van der Waals surface area contributed by atoms with Gasteiger partial charge in [0.05, 0.1) is 0 Å². The first-order chi connectivity index (χ1) is 7.89. The minimum atomic E-state index is -0.622. The van der Waals surface area contributed by atoms with Gasteiger partial charge in [0.1, 0.15) is 0 Å². The van der Waals surface area contributed by atoms with Crippen molar-refractivity contribution in [2.75, 3.05) is 7.05 Å². The molecule has 1 amide bonds. The van der Waals surface area contributed by atoms with Gasteiger partial charge in [0.15, 0.2) is 0 Å². The van der Waals surface area contributed by atoms with Crippen LogP contribution in [-0.4, -0.2) is 34.5 Å². The third-order valence-corrected chi connectivity index (χ3v) is 4.54. The molecule has 1 saturated carbocycles. The zero-order chi connectivity index (χ0) is 12.8. The van der Waals surface area contributed by atoms with E-state index in [0.717, 1.165) is 24.0 Å². The van der Waals surface area contributed by atoms with Crippen molar-refractivity contribution in [3.8, 4) is 0 Å². The Hall–Kier alpha value is -1.06. The maximum Gasteiger partial charge on any atom is 0.316 e. The second-order valence-electron chi connectivity index (χ2n) is 5.97. The smallest absolute Gasteiger partial charge is 0.316 e. The third-order valence-electron chi connectivity index (χ3n) is 4.54. The standard InChI is InChI=1S/C13H22N2O2/c1-9(2)11-6-5-10(3)7-13(11)14(4)12(16)8-15(13)17/h8-11H,5-7H2,1-4H3/t10-,11+,13-/m1/s1. The minimum absolute atomic E-state index is 0.153. The van der Waals surface area contributed by atoms with E-state index in [1.807, 2.05) is 0 Å². The number of hydrogen-bond acceptors (Lipinski definition) is 2. The largest absolute Gasteiger partial charge is 0.622 e. The molecule has 2 aliphatic rings. The van der Waals surface area contributed by atoms with E-state index < -0.39 is 5.66 Å². The first-order valence-corrected chi connectivity index (χ1v) is 6.48. The summed E-state index contributed by atoms with van der Waals surface area (Å²) in [5, 5.41) is 12.2. The second kappa shape index (κ2) is 4.00. The molecule has 0 saturated heterocycles. The van der Waals surface area contributed by atoms with Crippen molar-refractivity contribution in [3.63, 3.8) is 0 Å². The SMILES string of the molecule is CC(C)[C@@H]1CC[C@@H](C)C[C@]12N(C)C(=O)C=[N+]2[O-]. The van der Waals surface area contributed by atoms with Crippen LogP contribution in [0.25, 0.3) is 0 Å². The summed E-state index contributed by atoms with van der Waals surface area (Å²) >= 11 is 0. The van der Waals surface area contributed by atoms with Gasteiger partial charge in [0.2, 0.25) is 6.21 Å². The summed E-state index contributed by atoms with van der Waals surface area (Å²) in [4.78, 5) is 13.4. The maximum atomic E-state index is 12.2. The first-order valence-electron chi connectivity index (χ1n) is 6.48. The fourth-order valence-electron chi connectivity index (χ4n) is 3.61. The Labute approximate surface area is 103 Å². The van der Waals surface area contributed by atoms with Crippen LogP contribution >= 0.6 is 0 Å². The lowest BCUT2D eigenvalue weighted by Crippen LogP contribution is -2.59. The molecule has 0 radical (unpaired) electrons. The fraction of sp³-hybridized carbons (Fsp3) is 0.846. The summed E-state index contributed by atoms with van der Waals surface area (Å²) < 4.78 is 0.926. The van der Waals surface area contributed by atoms with Crippen molar-refractivity contribution in [3.05, 3.63) is 5.21 Å². The van der Waals surface area contributed by atoms with Gasteiger partial charge in [0.25, 0.3) is 5.66 Å². The average molecular weight is 238 g/mol. The highest BCUT2D eigenvalue weighted by atomic mass is 16.5. The van der Waals surface area contributed by atoms with Gasteiger partial charge >= 0.3 is 5.91 Å². The number of rotatable bonds is 1. The minimum Gasteiger partial charge on any atom is -0.622 e. The molecule has 1 fully saturated rings. The van der Waals surface area contributed by atoms with Crippen LogP contribution in [0.5, 0.6) is 0 Å². The lowest BCUT2D eigenvalue weighted by molar-refractivity contribution is -0.584. The Morgan fingerprint density at radius 3 is 2.65 bits per heavy atom. The third kappa shape index (κ3) is 1.65. The Morgan fingerprint density at radius 2 is 2.18 bits per heavy atom. The normalized spacial score (nSPS) is 38.1. The van der Waals surface area contributed by atoms with Crippen LogP contribution in [-0.2, 0) is 4.79 Å². The summed E-state index contributed by atoms with van der Waals surface area (Å²) in [6, 6.07) is 0. The van der Waals surface area contributed by atoms with Gasteiger partial charge in [-0.05, 0) is 24.7 Å². The van der Waals surface area contributed by atoms with E-state index in [1.165, 1.54) is 6.21 Å². The van der Waals surface area contributed by atoms with Crippen molar-refractivity contribution >= 4 is 12.1 Å². The molecule has 17 heavy (non-hydrogen) atoms. The van der Waals surface area contributed by atoms with E-state index in [0.29, 0.717) is 11.8 Å². The molecule has 96 valence electrons. The van der Waals surface area contributed by atoms with Gasteiger partial charge in [-0.3, -0.25) is 9.69 Å². The van der Waals surface area contributed by atoms with E-state index in [9.17, 15) is 10.0 Å². The van der Waals surface area contributed by atoms with E-state index in [2.05, 4.69) is 20.8 Å².